The van der Waals surface area contributed by atoms with Gasteiger partial charge in [0.15, 0.2) is 10.8 Å². The summed E-state index contributed by atoms with van der Waals surface area (Å²) in [5, 5.41) is 7.63. The predicted octanol–water partition coefficient (Wildman–Crippen LogP) is -1.02. The summed E-state index contributed by atoms with van der Waals surface area (Å²) < 4.78 is 31.7. The molecule has 1 aliphatic heterocycles. The summed E-state index contributed by atoms with van der Waals surface area (Å²) in [4.78, 5) is 32.7. The molecule has 0 aromatic carbocycles. The molecule has 0 spiro atoms. The molecule has 0 unspecified atom stereocenters. The molecule has 24 heavy (non-hydrogen) atoms. The van der Waals surface area contributed by atoms with Gasteiger partial charge in [0.05, 0.1) is 6.04 Å². The number of nitrogen functional groups attached to an aromatic ring is 1. The van der Waals surface area contributed by atoms with E-state index >= 15 is 0 Å². The Balaban J connectivity index is 2.19. The Morgan fingerprint density at radius 2 is 2.29 bits per heavy atom. The maximum absolute atomic E-state index is 12.3. The van der Waals surface area contributed by atoms with Gasteiger partial charge in [0.2, 0.25) is 0 Å². The lowest BCUT2D eigenvalue weighted by Gasteiger charge is -2.43. The van der Waals surface area contributed by atoms with Crippen LogP contribution in [0.3, 0.4) is 0 Å². The number of nitrogens with zero attached hydrogens (tertiary/aromatic N) is 3. The minimum atomic E-state index is -4.67. The number of amides is 2. The molecular formula is C11H15N5O6S2. The molecule has 132 valence electrons. The largest absolute Gasteiger partial charge is 0.398 e. The lowest BCUT2D eigenvalue weighted by molar-refractivity contribution is -0.144. The van der Waals surface area contributed by atoms with Crippen molar-refractivity contribution in [3.05, 3.63) is 11.1 Å². The molecular weight excluding hydrogens is 362 g/mol. The Labute approximate surface area is 141 Å². The molecule has 0 saturated carbocycles. The third-order valence-electron chi connectivity index (χ3n) is 3.28. The van der Waals surface area contributed by atoms with Crippen LogP contribution in [0.25, 0.3) is 0 Å². The average Bonchev–Trinajstić information content (AvgIpc) is 2.91. The van der Waals surface area contributed by atoms with Crippen molar-refractivity contribution in [3.63, 3.8) is 0 Å². The molecule has 2 rings (SSSR count). The number of oxime groups is 1. The molecule has 0 aliphatic carbocycles. The quantitative estimate of drug-likeness (QED) is 0.245. The van der Waals surface area contributed by atoms with Gasteiger partial charge in [-0.1, -0.05) is 12.1 Å². The van der Waals surface area contributed by atoms with Crippen LogP contribution in [-0.4, -0.2) is 59.0 Å². The van der Waals surface area contributed by atoms with Gasteiger partial charge in [-0.2, -0.15) is 8.42 Å². The van der Waals surface area contributed by atoms with E-state index in [-0.39, 0.29) is 23.0 Å². The van der Waals surface area contributed by atoms with E-state index in [1.165, 1.54) is 12.5 Å². The van der Waals surface area contributed by atoms with E-state index in [1.54, 1.807) is 6.92 Å². The number of carbonyl (C=O) groups excluding carboxylic acids is 2. The monoisotopic (exact) mass is 377 g/mol. The van der Waals surface area contributed by atoms with Gasteiger partial charge in [0.1, 0.15) is 18.8 Å². The molecule has 13 heteroatoms. The van der Waals surface area contributed by atoms with Crippen molar-refractivity contribution >= 4 is 44.3 Å². The van der Waals surface area contributed by atoms with Crippen molar-refractivity contribution in [2.45, 2.75) is 25.4 Å². The summed E-state index contributed by atoms with van der Waals surface area (Å²) in [6.45, 7) is 1.61. The number of anilines is 1. The summed E-state index contributed by atoms with van der Waals surface area (Å²) in [6, 6.07) is -2.00. The highest BCUT2D eigenvalue weighted by Gasteiger charge is 2.53. The van der Waals surface area contributed by atoms with Crippen LogP contribution in [-0.2, 0) is 24.7 Å². The predicted molar refractivity (Wildman–Crippen MR) is 84.5 cm³/mol. The van der Waals surface area contributed by atoms with E-state index in [0.717, 1.165) is 11.3 Å². The van der Waals surface area contributed by atoms with Crippen LogP contribution in [0.5, 0.6) is 0 Å². The van der Waals surface area contributed by atoms with Crippen LogP contribution in [0, 0.1) is 0 Å². The molecule has 2 amide bonds. The normalized spacial score (nSPS) is 21.4. The first kappa shape index (κ1) is 18.1. The smallest absolute Gasteiger partial charge is 0.362 e. The minimum absolute atomic E-state index is 0.156. The maximum Gasteiger partial charge on any atom is 0.362 e. The van der Waals surface area contributed by atoms with Crippen LogP contribution in [0.4, 0.5) is 5.13 Å². The second-order valence-corrected chi connectivity index (χ2v) is 6.91. The molecule has 1 aromatic rings. The van der Waals surface area contributed by atoms with E-state index < -0.39 is 34.2 Å². The van der Waals surface area contributed by atoms with Crippen molar-refractivity contribution in [2.75, 3.05) is 12.8 Å². The van der Waals surface area contributed by atoms with Gasteiger partial charge in [-0.25, -0.2) is 9.29 Å². The van der Waals surface area contributed by atoms with Crippen LogP contribution in [0.2, 0.25) is 0 Å². The SMILES string of the molecule is CC[C@H]1[C@H](NC(=O)C(=NOC)c2csc(N)n2)C(=O)N1S(=O)(=O)O. The summed E-state index contributed by atoms with van der Waals surface area (Å²) in [5.41, 5.74) is 5.45. The number of nitrogens with two attached hydrogens (primary N) is 1. The van der Waals surface area contributed by atoms with Gasteiger partial charge in [0, 0.05) is 5.38 Å². The Morgan fingerprint density at radius 3 is 2.75 bits per heavy atom. The third-order valence-corrected chi connectivity index (χ3v) is 4.91. The molecule has 0 bridgehead atoms. The van der Waals surface area contributed by atoms with Crippen molar-refractivity contribution in [2.24, 2.45) is 5.16 Å². The zero-order chi connectivity index (χ0) is 18.1. The highest BCUT2D eigenvalue weighted by Crippen LogP contribution is 2.26. The van der Waals surface area contributed by atoms with Crippen LogP contribution >= 0.6 is 11.3 Å². The van der Waals surface area contributed by atoms with Gasteiger partial charge < -0.3 is 15.9 Å². The van der Waals surface area contributed by atoms with E-state index in [1.807, 2.05) is 0 Å². The molecule has 1 saturated heterocycles. The molecule has 2 heterocycles. The standard InChI is InChI=1S/C11H15N5O6S2/c1-3-6-8(10(18)16(6)24(19,20)21)14-9(17)7(15-22-2)5-4-23-11(12)13-5/h4,6,8H,3H2,1-2H3,(H2,12,13)(H,14,17)(H,19,20,21)/t6-,8-/m0/s1. The van der Waals surface area contributed by atoms with Gasteiger partial charge in [0.25, 0.3) is 11.8 Å². The molecule has 0 radical (unpaired) electrons. The van der Waals surface area contributed by atoms with Gasteiger partial charge >= 0.3 is 10.3 Å². The number of thiazole rings is 1. The third kappa shape index (κ3) is 3.32. The molecule has 1 aromatic heterocycles. The second-order valence-electron chi connectivity index (χ2n) is 4.73. The second kappa shape index (κ2) is 6.70. The number of aromatic nitrogens is 1. The molecule has 1 aliphatic rings. The van der Waals surface area contributed by atoms with Gasteiger partial charge in [-0.05, 0) is 6.42 Å². The first-order valence-corrected chi connectivity index (χ1v) is 8.92. The van der Waals surface area contributed by atoms with Gasteiger partial charge in [-0.15, -0.1) is 11.3 Å². The zero-order valence-electron chi connectivity index (χ0n) is 12.7. The number of β-lactam (4-membered cyclic amide) rings is 1. The first-order valence-electron chi connectivity index (χ1n) is 6.64. The highest BCUT2D eigenvalue weighted by molar-refractivity contribution is 7.84. The Kier molecular flexibility index (Phi) is 5.05. The summed E-state index contributed by atoms with van der Waals surface area (Å²) in [6.07, 6.45) is 0.205. The number of hydrogen-bond donors (Lipinski definition) is 3. The first-order chi connectivity index (χ1) is 11.2. The van der Waals surface area contributed by atoms with E-state index in [0.29, 0.717) is 4.31 Å². The van der Waals surface area contributed by atoms with E-state index in [4.69, 9.17) is 10.3 Å². The van der Waals surface area contributed by atoms with Crippen molar-refractivity contribution < 1.29 is 27.4 Å². The maximum atomic E-state index is 12.3. The Bertz CT molecular complexity index is 789. The Hall–Kier alpha value is -2.25. The molecule has 4 N–H and O–H groups in total. The highest BCUT2D eigenvalue weighted by atomic mass is 32.2. The fraction of sp³-hybridized carbons (Fsp3) is 0.455. The number of hydrogen-bond acceptors (Lipinski definition) is 9. The van der Waals surface area contributed by atoms with E-state index in [9.17, 15) is 18.0 Å². The minimum Gasteiger partial charge on any atom is -0.398 e. The number of nitrogens with one attached hydrogen (secondary N) is 1. The van der Waals surface area contributed by atoms with Crippen LogP contribution in [0.1, 0.15) is 19.0 Å². The molecule has 11 nitrogen and oxygen atoms in total. The Morgan fingerprint density at radius 1 is 1.62 bits per heavy atom. The molecule has 2 atom stereocenters. The summed E-state index contributed by atoms with van der Waals surface area (Å²) in [7, 11) is -3.45. The number of rotatable bonds is 6. The fourth-order valence-electron chi connectivity index (χ4n) is 2.26. The van der Waals surface area contributed by atoms with Crippen molar-refractivity contribution in [3.8, 4) is 0 Å². The zero-order valence-corrected chi connectivity index (χ0v) is 14.3. The topological polar surface area (TPSA) is 164 Å². The number of carbonyl (C=O) groups is 2. The molecule has 1 fully saturated rings. The van der Waals surface area contributed by atoms with Crippen molar-refractivity contribution in [1.29, 1.82) is 0 Å². The lowest BCUT2D eigenvalue weighted by atomic mass is 9.96. The van der Waals surface area contributed by atoms with Gasteiger partial charge in [-0.3, -0.25) is 14.1 Å². The summed E-state index contributed by atoms with van der Waals surface area (Å²) in [5.74, 6) is -1.72. The fourth-order valence-corrected chi connectivity index (χ4v) is 3.77. The summed E-state index contributed by atoms with van der Waals surface area (Å²) >= 11 is 1.09. The van der Waals surface area contributed by atoms with E-state index in [2.05, 4.69) is 20.3 Å². The van der Waals surface area contributed by atoms with Crippen LogP contribution in [0.15, 0.2) is 10.5 Å². The lowest BCUT2D eigenvalue weighted by Crippen LogP contribution is -2.72. The van der Waals surface area contributed by atoms with Crippen LogP contribution < -0.4 is 11.1 Å². The van der Waals surface area contributed by atoms with Crippen molar-refractivity contribution in [1.82, 2.24) is 14.6 Å². The average molecular weight is 377 g/mol.